The number of hydrogen-bond donors (Lipinski definition) is 1. The third kappa shape index (κ3) is 3.47. The van der Waals surface area contributed by atoms with Crippen LogP contribution in [0.5, 0.6) is 0 Å². The highest BCUT2D eigenvalue weighted by Crippen LogP contribution is 2.26. The number of nitrogens with one attached hydrogen (secondary N) is 1. The molecule has 3 aromatic rings. The Morgan fingerprint density at radius 1 is 1.26 bits per heavy atom. The lowest BCUT2D eigenvalue weighted by molar-refractivity contribution is 0.0600. The molecule has 0 unspecified atom stereocenters. The molecule has 1 heterocycles. The van der Waals surface area contributed by atoms with Gasteiger partial charge in [-0.1, -0.05) is 17.4 Å². The van der Waals surface area contributed by atoms with Gasteiger partial charge >= 0.3 is 10.8 Å². The van der Waals surface area contributed by atoms with Gasteiger partial charge in [-0.15, -0.1) is 0 Å². The summed E-state index contributed by atoms with van der Waals surface area (Å²) in [6.45, 7) is 4.01. The van der Waals surface area contributed by atoms with Crippen LogP contribution in [0.15, 0.2) is 46.1 Å². The van der Waals surface area contributed by atoms with Crippen LogP contribution in [0.2, 0.25) is 0 Å². The largest absolute Gasteiger partial charge is 0.465 e. The van der Waals surface area contributed by atoms with Crippen LogP contribution in [0.3, 0.4) is 0 Å². The van der Waals surface area contributed by atoms with E-state index in [2.05, 4.69) is 4.72 Å². The summed E-state index contributed by atoms with van der Waals surface area (Å²) in [5.74, 6) is -0.541. The Hall–Kier alpha value is -2.65. The molecule has 142 valence electrons. The zero-order chi connectivity index (χ0) is 19.8. The fourth-order valence-corrected chi connectivity index (χ4v) is 5.01. The smallest absolute Gasteiger partial charge is 0.338 e. The van der Waals surface area contributed by atoms with E-state index in [1.165, 1.54) is 19.2 Å². The molecule has 0 saturated heterocycles. The Morgan fingerprint density at radius 3 is 2.67 bits per heavy atom. The third-order valence-corrected chi connectivity index (χ3v) is 6.55. The molecule has 7 nitrogen and oxygen atoms in total. The van der Waals surface area contributed by atoms with Gasteiger partial charge < -0.3 is 4.74 Å². The molecule has 0 radical (unpaired) electrons. The van der Waals surface area contributed by atoms with Crippen molar-refractivity contribution in [2.45, 2.75) is 25.3 Å². The second-order valence-electron chi connectivity index (χ2n) is 5.82. The van der Waals surface area contributed by atoms with E-state index in [0.717, 1.165) is 11.3 Å². The molecule has 0 saturated carbocycles. The SMILES string of the molecule is CCn1c(=O)sc2cc(S(=O)(=O)Nc3cccc(C(=O)OC)c3C)ccc21. The first-order valence-corrected chi connectivity index (χ1v) is 10.4. The number of thiazole rings is 1. The van der Waals surface area contributed by atoms with Crippen molar-refractivity contribution in [3.63, 3.8) is 0 Å². The lowest BCUT2D eigenvalue weighted by Crippen LogP contribution is -2.15. The number of sulfonamides is 1. The van der Waals surface area contributed by atoms with E-state index in [-0.39, 0.29) is 21.0 Å². The lowest BCUT2D eigenvalue weighted by atomic mass is 10.1. The third-order valence-electron chi connectivity index (χ3n) is 4.25. The molecule has 27 heavy (non-hydrogen) atoms. The highest BCUT2D eigenvalue weighted by Gasteiger charge is 2.19. The van der Waals surface area contributed by atoms with Crippen molar-refractivity contribution in [2.24, 2.45) is 0 Å². The quantitative estimate of drug-likeness (QED) is 0.658. The Kier molecular flexibility index (Phi) is 5.07. The molecule has 0 aliphatic heterocycles. The van der Waals surface area contributed by atoms with Crippen LogP contribution in [-0.4, -0.2) is 26.1 Å². The number of aryl methyl sites for hydroxylation is 1. The van der Waals surface area contributed by atoms with Crippen LogP contribution in [0, 0.1) is 6.92 Å². The Bertz CT molecular complexity index is 1190. The molecule has 0 bridgehead atoms. The minimum absolute atomic E-state index is 0.0439. The van der Waals surface area contributed by atoms with Crippen molar-refractivity contribution in [3.05, 3.63) is 57.2 Å². The normalized spacial score (nSPS) is 11.5. The van der Waals surface area contributed by atoms with E-state index in [4.69, 9.17) is 4.74 Å². The standard InChI is InChI=1S/C18H18N2O5S2/c1-4-20-15-9-8-12(10-16(15)26-18(20)22)27(23,24)19-14-7-5-6-13(11(14)2)17(21)25-3/h5-10,19H,4H2,1-3H3. The van der Waals surface area contributed by atoms with Gasteiger partial charge in [0.1, 0.15) is 0 Å². The number of ether oxygens (including phenoxy) is 1. The summed E-state index contributed by atoms with van der Waals surface area (Å²) < 4.78 is 35.0. The zero-order valence-electron chi connectivity index (χ0n) is 15.0. The molecule has 9 heteroatoms. The Labute approximate surface area is 160 Å². The molecule has 0 aliphatic rings. The van der Waals surface area contributed by atoms with E-state index >= 15 is 0 Å². The van der Waals surface area contributed by atoms with E-state index in [0.29, 0.717) is 22.3 Å². The van der Waals surface area contributed by atoms with Gasteiger partial charge in [0.15, 0.2) is 0 Å². The molecule has 3 rings (SSSR count). The van der Waals surface area contributed by atoms with Gasteiger partial charge in [-0.3, -0.25) is 14.1 Å². The van der Waals surface area contributed by atoms with Crippen LogP contribution in [0.25, 0.3) is 10.2 Å². The number of hydrogen-bond acceptors (Lipinski definition) is 6. The second-order valence-corrected chi connectivity index (χ2v) is 8.49. The molecule has 0 amide bonds. The zero-order valence-corrected chi connectivity index (χ0v) is 16.6. The monoisotopic (exact) mass is 406 g/mol. The van der Waals surface area contributed by atoms with Crippen molar-refractivity contribution in [1.29, 1.82) is 0 Å². The molecule has 0 atom stereocenters. The topological polar surface area (TPSA) is 94.5 Å². The predicted octanol–water partition coefficient (Wildman–Crippen LogP) is 2.98. The molecule has 1 aromatic heterocycles. The average molecular weight is 406 g/mol. The van der Waals surface area contributed by atoms with Gasteiger partial charge in [0.25, 0.3) is 10.0 Å². The molecule has 2 aromatic carbocycles. The number of nitrogens with zero attached hydrogens (tertiary/aromatic N) is 1. The van der Waals surface area contributed by atoms with Crippen molar-refractivity contribution in [2.75, 3.05) is 11.8 Å². The summed E-state index contributed by atoms with van der Waals surface area (Å²) >= 11 is 1.01. The minimum Gasteiger partial charge on any atom is -0.465 e. The van der Waals surface area contributed by atoms with Gasteiger partial charge in [-0.25, -0.2) is 13.2 Å². The molecule has 0 fully saturated rings. The highest BCUT2D eigenvalue weighted by atomic mass is 32.2. The summed E-state index contributed by atoms with van der Waals surface area (Å²) in [5, 5.41) is 0. The van der Waals surface area contributed by atoms with Crippen LogP contribution in [0.4, 0.5) is 5.69 Å². The first kappa shape index (κ1) is 19.1. The predicted molar refractivity (Wildman–Crippen MR) is 105 cm³/mol. The number of anilines is 1. The first-order chi connectivity index (χ1) is 12.8. The molecular formula is C18H18N2O5S2. The highest BCUT2D eigenvalue weighted by molar-refractivity contribution is 7.92. The van der Waals surface area contributed by atoms with Gasteiger partial charge in [0, 0.05) is 6.54 Å². The maximum absolute atomic E-state index is 12.8. The van der Waals surface area contributed by atoms with Crippen LogP contribution in [0.1, 0.15) is 22.8 Å². The van der Waals surface area contributed by atoms with E-state index < -0.39 is 16.0 Å². The summed E-state index contributed by atoms with van der Waals surface area (Å²) in [6.07, 6.45) is 0. The number of carbonyl (C=O) groups excluding carboxylic acids is 1. The fraction of sp³-hybridized carbons (Fsp3) is 0.222. The maximum Gasteiger partial charge on any atom is 0.338 e. The van der Waals surface area contributed by atoms with Gasteiger partial charge in [-0.05, 0) is 49.7 Å². The number of benzene rings is 2. The van der Waals surface area contributed by atoms with E-state index in [1.54, 1.807) is 35.8 Å². The fourth-order valence-electron chi connectivity index (χ4n) is 2.79. The molecule has 0 spiro atoms. The second kappa shape index (κ2) is 7.16. The average Bonchev–Trinajstić information content (AvgIpc) is 2.96. The number of methoxy groups -OCH3 is 1. The molecule has 0 aliphatic carbocycles. The number of carbonyl (C=O) groups is 1. The van der Waals surface area contributed by atoms with Gasteiger partial charge in [0.05, 0.1) is 33.5 Å². The first-order valence-electron chi connectivity index (χ1n) is 8.12. The van der Waals surface area contributed by atoms with Crippen molar-refractivity contribution < 1.29 is 17.9 Å². The number of fused-ring (bicyclic) bond motifs is 1. The Morgan fingerprint density at radius 2 is 2.00 bits per heavy atom. The van der Waals surface area contributed by atoms with Crippen molar-refractivity contribution >= 4 is 43.2 Å². The van der Waals surface area contributed by atoms with Crippen LogP contribution in [-0.2, 0) is 21.3 Å². The lowest BCUT2D eigenvalue weighted by Gasteiger charge is -2.13. The molecule has 1 N–H and O–H groups in total. The summed E-state index contributed by atoms with van der Waals surface area (Å²) in [6, 6.07) is 9.29. The van der Waals surface area contributed by atoms with Crippen LogP contribution >= 0.6 is 11.3 Å². The Balaban J connectivity index is 2.02. The summed E-state index contributed by atoms with van der Waals surface area (Å²) in [4.78, 5) is 23.7. The summed E-state index contributed by atoms with van der Waals surface area (Å²) in [5.41, 5.74) is 1.75. The molecular weight excluding hydrogens is 388 g/mol. The number of esters is 1. The van der Waals surface area contributed by atoms with E-state index in [1.807, 2.05) is 6.92 Å². The van der Waals surface area contributed by atoms with Gasteiger partial charge in [-0.2, -0.15) is 0 Å². The maximum atomic E-state index is 12.8. The van der Waals surface area contributed by atoms with Gasteiger partial charge in [0.2, 0.25) is 0 Å². The number of rotatable bonds is 5. The summed E-state index contributed by atoms with van der Waals surface area (Å²) in [7, 11) is -2.63. The van der Waals surface area contributed by atoms with Crippen LogP contribution < -0.4 is 9.60 Å². The van der Waals surface area contributed by atoms with E-state index in [9.17, 15) is 18.0 Å². The minimum atomic E-state index is -3.89. The van der Waals surface area contributed by atoms with Crippen molar-refractivity contribution in [1.82, 2.24) is 4.57 Å². The number of aromatic nitrogens is 1. The van der Waals surface area contributed by atoms with Crippen molar-refractivity contribution in [3.8, 4) is 0 Å².